The molecule has 1 aliphatic carbocycles. The van der Waals surface area contributed by atoms with Crippen molar-refractivity contribution in [2.75, 3.05) is 25.1 Å². The number of ether oxygens (including phenoxy) is 1. The fraction of sp³-hybridized carbons (Fsp3) is 0.562. The Morgan fingerprint density at radius 1 is 1.30 bits per heavy atom. The SMILES string of the molecule is COc1ccc(C#N)c(N2C[C@H]3CCC(N)C[C@H]3C2)c1. The summed E-state index contributed by atoms with van der Waals surface area (Å²) in [6, 6.07) is 8.33. The van der Waals surface area contributed by atoms with Gasteiger partial charge in [-0.2, -0.15) is 5.26 Å². The van der Waals surface area contributed by atoms with Gasteiger partial charge in [-0.3, -0.25) is 0 Å². The summed E-state index contributed by atoms with van der Waals surface area (Å²) in [5, 5.41) is 9.31. The van der Waals surface area contributed by atoms with Crippen LogP contribution < -0.4 is 15.4 Å². The summed E-state index contributed by atoms with van der Waals surface area (Å²) in [7, 11) is 1.66. The van der Waals surface area contributed by atoms with Gasteiger partial charge in [0.1, 0.15) is 11.8 Å². The molecule has 20 heavy (non-hydrogen) atoms. The topological polar surface area (TPSA) is 62.3 Å². The Balaban J connectivity index is 1.85. The first-order valence-electron chi connectivity index (χ1n) is 7.30. The van der Waals surface area contributed by atoms with E-state index in [1.165, 1.54) is 6.42 Å². The van der Waals surface area contributed by atoms with E-state index in [4.69, 9.17) is 10.5 Å². The van der Waals surface area contributed by atoms with Gasteiger partial charge in [0.2, 0.25) is 0 Å². The molecule has 0 spiro atoms. The molecular weight excluding hydrogens is 250 g/mol. The van der Waals surface area contributed by atoms with Crippen LogP contribution in [0.25, 0.3) is 0 Å². The highest BCUT2D eigenvalue weighted by Crippen LogP contribution is 2.39. The molecule has 4 nitrogen and oxygen atoms in total. The van der Waals surface area contributed by atoms with E-state index in [-0.39, 0.29) is 0 Å². The standard InChI is InChI=1S/C16H21N3O/c1-20-15-5-3-11(8-17)16(7-15)19-9-12-2-4-14(18)6-13(12)10-19/h3,5,7,12-14H,2,4,6,9-10,18H2,1H3/t12-,13+,14?/m1/s1. The zero-order valence-corrected chi connectivity index (χ0v) is 11.9. The molecule has 0 aromatic heterocycles. The molecule has 2 N–H and O–H groups in total. The van der Waals surface area contributed by atoms with Crippen molar-refractivity contribution >= 4 is 5.69 Å². The van der Waals surface area contributed by atoms with Crippen LogP contribution in [0.2, 0.25) is 0 Å². The maximum atomic E-state index is 9.31. The lowest BCUT2D eigenvalue weighted by molar-refractivity contribution is 0.271. The Kier molecular flexibility index (Phi) is 3.54. The van der Waals surface area contributed by atoms with Gasteiger partial charge in [0.25, 0.3) is 0 Å². The number of nitrogens with zero attached hydrogens (tertiary/aromatic N) is 2. The largest absolute Gasteiger partial charge is 0.497 e. The quantitative estimate of drug-likeness (QED) is 0.895. The highest BCUT2D eigenvalue weighted by molar-refractivity contribution is 5.62. The van der Waals surface area contributed by atoms with Crippen molar-refractivity contribution in [1.29, 1.82) is 5.26 Å². The van der Waals surface area contributed by atoms with Gasteiger partial charge in [0, 0.05) is 25.2 Å². The number of anilines is 1. The summed E-state index contributed by atoms with van der Waals surface area (Å²) in [6.07, 6.45) is 3.47. The van der Waals surface area contributed by atoms with Crippen LogP contribution in [0.3, 0.4) is 0 Å². The number of hydrogen-bond donors (Lipinski definition) is 1. The van der Waals surface area contributed by atoms with Gasteiger partial charge in [-0.15, -0.1) is 0 Å². The molecule has 0 radical (unpaired) electrons. The third kappa shape index (κ3) is 2.34. The Hall–Kier alpha value is -1.73. The van der Waals surface area contributed by atoms with Crippen LogP contribution in [0.1, 0.15) is 24.8 Å². The van der Waals surface area contributed by atoms with E-state index < -0.39 is 0 Å². The summed E-state index contributed by atoms with van der Waals surface area (Å²) in [6.45, 7) is 2.06. The van der Waals surface area contributed by atoms with Crippen molar-refractivity contribution < 1.29 is 4.74 Å². The predicted molar refractivity (Wildman–Crippen MR) is 78.7 cm³/mol. The molecule has 1 aromatic rings. The van der Waals surface area contributed by atoms with Crippen LogP contribution in [-0.2, 0) is 0 Å². The van der Waals surface area contributed by atoms with Gasteiger partial charge < -0.3 is 15.4 Å². The van der Waals surface area contributed by atoms with Crippen LogP contribution >= 0.6 is 0 Å². The molecule has 0 bridgehead atoms. The predicted octanol–water partition coefficient (Wildman–Crippen LogP) is 2.13. The van der Waals surface area contributed by atoms with Crippen LogP contribution in [0.15, 0.2) is 18.2 Å². The molecule has 106 valence electrons. The number of benzene rings is 1. The number of nitriles is 1. The maximum absolute atomic E-state index is 9.31. The average Bonchev–Trinajstić information content (AvgIpc) is 2.89. The Morgan fingerprint density at radius 2 is 2.10 bits per heavy atom. The first-order chi connectivity index (χ1) is 9.71. The van der Waals surface area contributed by atoms with Crippen molar-refractivity contribution in [2.45, 2.75) is 25.3 Å². The minimum Gasteiger partial charge on any atom is -0.497 e. The number of hydrogen-bond acceptors (Lipinski definition) is 4. The highest BCUT2D eigenvalue weighted by Gasteiger charge is 2.37. The first-order valence-corrected chi connectivity index (χ1v) is 7.30. The van der Waals surface area contributed by atoms with Crippen molar-refractivity contribution in [3.63, 3.8) is 0 Å². The summed E-state index contributed by atoms with van der Waals surface area (Å²) in [5.41, 5.74) is 7.83. The molecule has 2 fully saturated rings. The normalized spacial score (nSPS) is 28.9. The summed E-state index contributed by atoms with van der Waals surface area (Å²) < 4.78 is 5.29. The second kappa shape index (κ2) is 5.34. The van der Waals surface area contributed by atoms with Gasteiger partial charge in [0.05, 0.1) is 18.4 Å². The minimum absolute atomic E-state index is 0.358. The number of methoxy groups -OCH3 is 1. The lowest BCUT2D eigenvalue weighted by Crippen LogP contribution is -2.32. The van der Waals surface area contributed by atoms with E-state index >= 15 is 0 Å². The molecule has 3 atom stereocenters. The minimum atomic E-state index is 0.358. The van der Waals surface area contributed by atoms with E-state index in [0.717, 1.165) is 48.8 Å². The van der Waals surface area contributed by atoms with E-state index in [1.54, 1.807) is 7.11 Å². The van der Waals surface area contributed by atoms with E-state index in [1.807, 2.05) is 18.2 Å². The lowest BCUT2D eigenvalue weighted by Gasteiger charge is -2.27. The van der Waals surface area contributed by atoms with Crippen LogP contribution in [0.5, 0.6) is 5.75 Å². The smallest absolute Gasteiger partial charge is 0.121 e. The molecule has 1 aliphatic heterocycles. The van der Waals surface area contributed by atoms with Crippen LogP contribution in [0.4, 0.5) is 5.69 Å². The fourth-order valence-corrected chi connectivity index (χ4v) is 3.66. The average molecular weight is 271 g/mol. The van der Waals surface area contributed by atoms with Gasteiger partial charge in [-0.1, -0.05) is 0 Å². The second-order valence-corrected chi connectivity index (χ2v) is 5.99. The van der Waals surface area contributed by atoms with Gasteiger partial charge in [-0.25, -0.2) is 0 Å². The molecule has 4 heteroatoms. The molecular formula is C16H21N3O. The fourth-order valence-electron chi connectivity index (χ4n) is 3.66. The van der Waals surface area contributed by atoms with Gasteiger partial charge in [-0.05, 0) is 43.2 Å². The molecule has 1 saturated carbocycles. The van der Waals surface area contributed by atoms with E-state index in [0.29, 0.717) is 12.0 Å². The highest BCUT2D eigenvalue weighted by atomic mass is 16.5. The Bertz CT molecular complexity index is 537. The molecule has 1 heterocycles. The molecule has 0 amide bonds. The van der Waals surface area contributed by atoms with Gasteiger partial charge in [0.15, 0.2) is 0 Å². The van der Waals surface area contributed by atoms with Gasteiger partial charge >= 0.3 is 0 Å². The molecule has 1 saturated heterocycles. The monoisotopic (exact) mass is 271 g/mol. The zero-order chi connectivity index (χ0) is 14.1. The van der Waals surface area contributed by atoms with Crippen molar-refractivity contribution in [3.05, 3.63) is 23.8 Å². The maximum Gasteiger partial charge on any atom is 0.121 e. The summed E-state index contributed by atoms with van der Waals surface area (Å²) >= 11 is 0. The van der Waals surface area contributed by atoms with Crippen LogP contribution in [0, 0.1) is 23.2 Å². The molecule has 1 unspecified atom stereocenters. The molecule has 2 aliphatic rings. The molecule has 1 aromatic carbocycles. The summed E-state index contributed by atoms with van der Waals surface area (Å²) in [5.74, 6) is 2.22. The first kappa shape index (κ1) is 13.3. The third-order valence-electron chi connectivity index (χ3n) is 4.76. The Morgan fingerprint density at radius 3 is 2.85 bits per heavy atom. The van der Waals surface area contributed by atoms with E-state index in [2.05, 4.69) is 11.0 Å². The summed E-state index contributed by atoms with van der Waals surface area (Å²) in [4.78, 5) is 2.34. The lowest BCUT2D eigenvalue weighted by atomic mass is 9.79. The van der Waals surface area contributed by atoms with Crippen molar-refractivity contribution in [3.8, 4) is 11.8 Å². The van der Waals surface area contributed by atoms with Crippen LogP contribution in [-0.4, -0.2) is 26.2 Å². The zero-order valence-electron chi connectivity index (χ0n) is 11.9. The van der Waals surface area contributed by atoms with Crippen molar-refractivity contribution in [1.82, 2.24) is 0 Å². The van der Waals surface area contributed by atoms with Crippen molar-refractivity contribution in [2.24, 2.45) is 17.6 Å². The number of nitrogens with two attached hydrogens (primary N) is 1. The molecule has 3 rings (SSSR count). The Labute approximate surface area is 120 Å². The second-order valence-electron chi connectivity index (χ2n) is 5.99. The number of rotatable bonds is 2. The number of fused-ring (bicyclic) bond motifs is 1. The van der Waals surface area contributed by atoms with E-state index in [9.17, 15) is 5.26 Å². The third-order valence-corrected chi connectivity index (χ3v) is 4.76.